The summed E-state index contributed by atoms with van der Waals surface area (Å²) in [4.78, 5) is 31.7. The molecule has 1 aromatic heterocycles. The number of rotatable bonds is 8. The molecule has 11 heteroatoms. The molecule has 2 aromatic rings. The van der Waals surface area contributed by atoms with Crippen LogP contribution < -0.4 is 10.0 Å². The van der Waals surface area contributed by atoms with Crippen LogP contribution in [0.15, 0.2) is 41.8 Å². The first kappa shape index (κ1) is 29.2. The number of carbonyl (C=O) groups excluding carboxylic acids is 2. The van der Waals surface area contributed by atoms with Gasteiger partial charge in [-0.1, -0.05) is 26.8 Å². The van der Waals surface area contributed by atoms with Gasteiger partial charge in [0.15, 0.2) is 5.13 Å². The summed E-state index contributed by atoms with van der Waals surface area (Å²) in [6, 6.07) is 5.94. The molecular weight excluding hydrogens is 536 g/mol. The number of aliphatic hydroxyl groups is 1. The highest BCUT2D eigenvalue weighted by Gasteiger charge is 2.54. The van der Waals surface area contributed by atoms with Crippen molar-refractivity contribution < 1.29 is 23.1 Å². The average molecular weight is 575 g/mol. The standard InChI is InChI=1S/C28H38N4O5S2/c1-7-14-32(6)26(35)16(2)21-12-13-28(5)15-22-24(17(3)23(28)25(21)34)30-27(38-22)31-39(36,37)20-10-8-19(9-11-20)29-18(4)33/h7-11,16-17,21,23,25,34H,1,12-15H2,2-6H3,(H,29,33)(H,30,31)/t16-,17-,21+,23+,25-,28+/m0/s1. The van der Waals surface area contributed by atoms with E-state index >= 15 is 0 Å². The molecule has 2 aliphatic carbocycles. The minimum Gasteiger partial charge on any atom is -0.392 e. The molecule has 9 nitrogen and oxygen atoms in total. The van der Waals surface area contributed by atoms with E-state index in [0.717, 1.165) is 23.4 Å². The lowest BCUT2D eigenvalue weighted by Crippen LogP contribution is -2.53. The minimum atomic E-state index is -3.88. The molecule has 3 N–H and O–H groups in total. The first-order valence-corrected chi connectivity index (χ1v) is 15.5. The van der Waals surface area contributed by atoms with E-state index in [4.69, 9.17) is 0 Å². The molecule has 0 bridgehead atoms. The zero-order chi connectivity index (χ0) is 28.7. The van der Waals surface area contributed by atoms with Crippen LogP contribution in [-0.4, -0.2) is 54.9 Å². The van der Waals surface area contributed by atoms with E-state index in [1.54, 1.807) is 18.0 Å². The fraction of sp³-hybridized carbons (Fsp3) is 0.536. The Labute approximate surface area is 234 Å². The van der Waals surface area contributed by atoms with E-state index in [1.807, 2.05) is 13.8 Å². The van der Waals surface area contributed by atoms with E-state index in [9.17, 15) is 23.1 Å². The number of amides is 2. The van der Waals surface area contributed by atoms with E-state index < -0.39 is 16.1 Å². The predicted octanol–water partition coefficient (Wildman–Crippen LogP) is 4.24. The van der Waals surface area contributed by atoms with Crippen molar-refractivity contribution in [1.29, 1.82) is 0 Å². The molecule has 2 amide bonds. The molecule has 0 spiro atoms. The van der Waals surface area contributed by atoms with Gasteiger partial charge in [-0.15, -0.1) is 17.9 Å². The van der Waals surface area contributed by atoms with Gasteiger partial charge in [-0.05, 0) is 60.8 Å². The lowest BCUT2D eigenvalue weighted by Gasteiger charge is -2.53. The average Bonchev–Trinajstić information content (AvgIpc) is 3.24. The van der Waals surface area contributed by atoms with Crippen LogP contribution in [0.2, 0.25) is 0 Å². The fourth-order valence-electron chi connectivity index (χ4n) is 6.50. The van der Waals surface area contributed by atoms with Crippen LogP contribution in [0, 0.1) is 23.2 Å². The van der Waals surface area contributed by atoms with Crippen molar-refractivity contribution in [3.8, 4) is 0 Å². The van der Waals surface area contributed by atoms with Gasteiger partial charge in [0.1, 0.15) is 0 Å². The monoisotopic (exact) mass is 574 g/mol. The van der Waals surface area contributed by atoms with Crippen LogP contribution in [-0.2, 0) is 26.0 Å². The van der Waals surface area contributed by atoms with Gasteiger partial charge in [-0.2, -0.15) is 0 Å². The highest BCUT2D eigenvalue weighted by atomic mass is 32.2. The lowest BCUT2D eigenvalue weighted by molar-refractivity contribution is -0.143. The highest BCUT2D eigenvalue weighted by molar-refractivity contribution is 7.93. The first-order valence-electron chi connectivity index (χ1n) is 13.2. The number of hydrogen-bond donors (Lipinski definition) is 3. The molecule has 212 valence electrons. The highest BCUT2D eigenvalue weighted by Crippen LogP contribution is 2.57. The van der Waals surface area contributed by atoms with Crippen molar-refractivity contribution in [1.82, 2.24) is 9.88 Å². The molecule has 6 atom stereocenters. The van der Waals surface area contributed by atoms with E-state index in [-0.39, 0.29) is 45.8 Å². The second kappa shape index (κ2) is 11.0. The summed E-state index contributed by atoms with van der Waals surface area (Å²) in [6.45, 7) is 11.7. The molecule has 1 fully saturated rings. The number of benzene rings is 1. The van der Waals surface area contributed by atoms with Gasteiger partial charge in [0, 0.05) is 42.9 Å². The number of fused-ring (bicyclic) bond motifs is 2. The van der Waals surface area contributed by atoms with Crippen LogP contribution in [0.1, 0.15) is 57.0 Å². The first-order chi connectivity index (χ1) is 18.3. The van der Waals surface area contributed by atoms with Crippen molar-refractivity contribution >= 4 is 44.0 Å². The van der Waals surface area contributed by atoms with Gasteiger partial charge in [0.25, 0.3) is 10.0 Å². The number of sulfonamides is 1. The minimum absolute atomic E-state index is 0.00200. The molecule has 1 heterocycles. The summed E-state index contributed by atoms with van der Waals surface area (Å²) >= 11 is 1.34. The number of aromatic nitrogens is 1. The van der Waals surface area contributed by atoms with Crippen molar-refractivity contribution in [2.45, 2.75) is 63.9 Å². The SMILES string of the molecule is C=CCN(C)C(=O)[C@@H](C)[C@H]1CC[C@]2(C)Cc3sc(NS(=O)(=O)c4ccc(NC(C)=O)cc4)nc3[C@@H](C)[C@@H]2[C@H]1O. The Morgan fingerprint density at radius 1 is 1.33 bits per heavy atom. The number of aliphatic hydroxyl groups excluding tert-OH is 1. The Morgan fingerprint density at radius 2 is 2.00 bits per heavy atom. The molecule has 4 rings (SSSR count). The van der Waals surface area contributed by atoms with E-state index in [2.05, 4.69) is 28.5 Å². The molecule has 1 aromatic carbocycles. The Hall–Kier alpha value is -2.76. The largest absolute Gasteiger partial charge is 0.392 e. The zero-order valence-electron chi connectivity index (χ0n) is 23.1. The zero-order valence-corrected chi connectivity index (χ0v) is 24.7. The van der Waals surface area contributed by atoms with Crippen molar-refractivity contribution in [2.75, 3.05) is 23.6 Å². The smallest absolute Gasteiger partial charge is 0.263 e. The molecule has 1 saturated carbocycles. The van der Waals surface area contributed by atoms with Crippen molar-refractivity contribution in [2.24, 2.45) is 23.2 Å². The van der Waals surface area contributed by atoms with E-state index in [1.165, 1.54) is 42.5 Å². The van der Waals surface area contributed by atoms with Gasteiger partial charge >= 0.3 is 0 Å². The van der Waals surface area contributed by atoms with Gasteiger partial charge in [-0.25, -0.2) is 13.4 Å². The summed E-state index contributed by atoms with van der Waals surface area (Å²) in [7, 11) is -2.13. The fourth-order valence-corrected chi connectivity index (χ4v) is 9.00. The lowest BCUT2D eigenvalue weighted by atomic mass is 9.53. The molecule has 0 saturated heterocycles. The number of carbonyl (C=O) groups is 2. The van der Waals surface area contributed by atoms with Crippen molar-refractivity contribution in [3.63, 3.8) is 0 Å². The normalized spacial score (nSPS) is 27.0. The maximum absolute atomic E-state index is 13.1. The van der Waals surface area contributed by atoms with Crippen LogP contribution in [0.4, 0.5) is 10.8 Å². The summed E-state index contributed by atoms with van der Waals surface area (Å²) in [5.74, 6) is -0.921. The summed E-state index contributed by atoms with van der Waals surface area (Å²) in [5.41, 5.74) is 1.14. The van der Waals surface area contributed by atoms with Crippen molar-refractivity contribution in [3.05, 3.63) is 47.5 Å². The maximum Gasteiger partial charge on any atom is 0.263 e. The topological polar surface area (TPSA) is 129 Å². The third-order valence-electron chi connectivity index (χ3n) is 8.44. The third kappa shape index (κ3) is 5.76. The molecule has 0 aliphatic heterocycles. The molecule has 39 heavy (non-hydrogen) atoms. The van der Waals surface area contributed by atoms with Gasteiger partial charge in [-0.3, -0.25) is 14.3 Å². The Kier molecular flexibility index (Phi) is 8.26. The number of nitrogens with one attached hydrogen (secondary N) is 2. The Bertz CT molecular complexity index is 1360. The summed E-state index contributed by atoms with van der Waals surface area (Å²) in [6.07, 6.45) is 3.33. The third-order valence-corrected chi connectivity index (χ3v) is 10.9. The Morgan fingerprint density at radius 3 is 2.62 bits per heavy atom. The van der Waals surface area contributed by atoms with Crippen LogP contribution in [0.25, 0.3) is 0 Å². The second-order valence-corrected chi connectivity index (χ2v) is 14.0. The number of anilines is 2. The number of likely N-dealkylation sites (N-methyl/N-ethyl adjacent to an activating group) is 1. The van der Waals surface area contributed by atoms with Crippen LogP contribution in [0.5, 0.6) is 0 Å². The van der Waals surface area contributed by atoms with Gasteiger partial charge in [0.05, 0.1) is 16.7 Å². The second-order valence-electron chi connectivity index (χ2n) is 11.3. The number of thiazole rings is 1. The summed E-state index contributed by atoms with van der Waals surface area (Å²) < 4.78 is 28.7. The van der Waals surface area contributed by atoms with E-state index in [0.29, 0.717) is 23.8 Å². The molecule has 0 unspecified atom stereocenters. The van der Waals surface area contributed by atoms with Gasteiger partial charge in [0.2, 0.25) is 11.8 Å². The number of hydrogen-bond acceptors (Lipinski definition) is 7. The number of nitrogens with zero attached hydrogens (tertiary/aromatic N) is 2. The molecular formula is C28H38N4O5S2. The predicted molar refractivity (Wildman–Crippen MR) is 153 cm³/mol. The molecule has 0 radical (unpaired) electrons. The maximum atomic E-state index is 13.1. The molecule has 2 aliphatic rings. The van der Waals surface area contributed by atoms with Crippen LogP contribution in [0.3, 0.4) is 0 Å². The quantitative estimate of drug-likeness (QED) is 0.405. The summed E-state index contributed by atoms with van der Waals surface area (Å²) in [5, 5.41) is 14.5. The van der Waals surface area contributed by atoms with Crippen LogP contribution >= 0.6 is 11.3 Å². The van der Waals surface area contributed by atoms with Gasteiger partial charge < -0.3 is 15.3 Å². The Balaban J connectivity index is 1.54.